The van der Waals surface area contributed by atoms with E-state index < -0.39 is 0 Å². The van der Waals surface area contributed by atoms with Gasteiger partial charge in [0.05, 0.1) is 0 Å². The van der Waals surface area contributed by atoms with Crippen LogP contribution in [0.5, 0.6) is 0 Å². The Morgan fingerprint density at radius 2 is 1.78 bits per heavy atom. The molecule has 1 aliphatic carbocycles. The lowest BCUT2D eigenvalue weighted by molar-refractivity contribution is 0.268. The maximum atomic E-state index is 3.55. The summed E-state index contributed by atoms with van der Waals surface area (Å²) in [5, 5.41) is 3.55. The summed E-state index contributed by atoms with van der Waals surface area (Å²) in [5.74, 6) is 0.911. The first-order valence-corrected chi connectivity index (χ1v) is 7.52. The maximum Gasteiger partial charge on any atom is 0.00954 e. The van der Waals surface area contributed by atoms with E-state index in [-0.39, 0.29) is 0 Å². The third kappa shape index (κ3) is 3.84. The van der Waals surface area contributed by atoms with E-state index in [2.05, 4.69) is 43.6 Å². The molecule has 18 heavy (non-hydrogen) atoms. The second kappa shape index (κ2) is 6.94. The highest BCUT2D eigenvalue weighted by Crippen LogP contribution is 2.28. The largest absolute Gasteiger partial charge is 0.317 e. The molecule has 1 aromatic carbocycles. The molecule has 0 spiro atoms. The minimum Gasteiger partial charge on any atom is -0.317 e. The van der Waals surface area contributed by atoms with Gasteiger partial charge in [-0.25, -0.2) is 0 Å². The van der Waals surface area contributed by atoms with Crippen LogP contribution in [-0.2, 0) is 6.42 Å². The number of hydrogen-bond acceptors (Lipinski definition) is 1. The molecule has 1 N–H and O–H groups in total. The van der Waals surface area contributed by atoms with Gasteiger partial charge in [-0.3, -0.25) is 0 Å². The van der Waals surface area contributed by atoms with E-state index in [1.165, 1.54) is 56.1 Å². The van der Waals surface area contributed by atoms with Crippen LogP contribution in [0.2, 0.25) is 0 Å². The fourth-order valence-corrected chi connectivity index (χ4v) is 3.23. The predicted molar refractivity (Wildman–Crippen MR) is 78.9 cm³/mol. The highest BCUT2D eigenvalue weighted by Gasteiger charge is 2.21. The Balaban J connectivity index is 1.84. The lowest BCUT2D eigenvalue weighted by Gasteiger charge is -2.30. The number of benzene rings is 1. The van der Waals surface area contributed by atoms with Gasteiger partial charge in [-0.1, -0.05) is 49.1 Å². The van der Waals surface area contributed by atoms with Crippen molar-refractivity contribution in [3.8, 4) is 0 Å². The molecule has 1 unspecified atom stereocenters. The van der Waals surface area contributed by atoms with Gasteiger partial charge in [0.1, 0.15) is 0 Å². The molecule has 0 heterocycles. The summed E-state index contributed by atoms with van der Waals surface area (Å²) < 4.78 is 0. The Bertz CT molecular complexity index is 335. The molecule has 1 atom stereocenters. The summed E-state index contributed by atoms with van der Waals surface area (Å²) >= 11 is 0. The first-order valence-electron chi connectivity index (χ1n) is 7.52. The van der Waals surface area contributed by atoms with Crippen LogP contribution in [0.25, 0.3) is 0 Å². The first-order chi connectivity index (χ1) is 8.79. The lowest BCUT2D eigenvalue weighted by atomic mass is 9.82. The Hall–Kier alpha value is -0.820. The van der Waals surface area contributed by atoms with Crippen LogP contribution >= 0.6 is 0 Å². The molecule has 0 saturated heterocycles. The molecule has 0 aliphatic heterocycles. The fraction of sp³-hybridized carbons (Fsp3) is 0.647. The minimum absolute atomic E-state index is 0.714. The standard InChI is InChI=1S/C17H27N/c1-14-8-10-15(11-9-14)12-13-17(18-2)16-6-4-3-5-7-16/h8-11,16-18H,3-7,12-13H2,1-2H3. The van der Waals surface area contributed by atoms with E-state index in [9.17, 15) is 0 Å². The highest BCUT2D eigenvalue weighted by atomic mass is 14.9. The third-order valence-electron chi connectivity index (χ3n) is 4.45. The molecule has 0 amide bonds. The van der Waals surface area contributed by atoms with Crippen molar-refractivity contribution in [1.29, 1.82) is 0 Å². The Morgan fingerprint density at radius 3 is 2.39 bits per heavy atom. The third-order valence-corrected chi connectivity index (χ3v) is 4.45. The van der Waals surface area contributed by atoms with Crippen LogP contribution in [0.3, 0.4) is 0 Å². The van der Waals surface area contributed by atoms with E-state index in [0.29, 0.717) is 6.04 Å². The molecule has 100 valence electrons. The van der Waals surface area contributed by atoms with Crippen molar-refractivity contribution >= 4 is 0 Å². The Kier molecular flexibility index (Phi) is 5.25. The van der Waals surface area contributed by atoms with Gasteiger partial charge in [-0.05, 0) is 51.1 Å². The molecular weight excluding hydrogens is 218 g/mol. The van der Waals surface area contributed by atoms with Crippen LogP contribution in [0.1, 0.15) is 49.7 Å². The molecule has 0 radical (unpaired) electrons. The van der Waals surface area contributed by atoms with Gasteiger partial charge >= 0.3 is 0 Å². The van der Waals surface area contributed by atoms with Gasteiger partial charge in [0, 0.05) is 6.04 Å². The summed E-state index contributed by atoms with van der Waals surface area (Å²) in [7, 11) is 2.13. The summed E-state index contributed by atoms with van der Waals surface area (Å²) in [6.45, 7) is 2.15. The van der Waals surface area contributed by atoms with Crippen LogP contribution in [-0.4, -0.2) is 13.1 Å². The van der Waals surface area contributed by atoms with Crippen molar-refractivity contribution in [2.75, 3.05) is 7.05 Å². The normalized spacial score (nSPS) is 18.8. The zero-order valence-electron chi connectivity index (χ0n) is 11.9. The monoisotopic (exact) mass is 245 g/mol. The van der Waals surface area contributed by atoms with Gasteiger partial charge < -0.3 is 5.32 Å². The Morgan fingerprint density at radius 1 is 1.11 bits per heavy atom. The van der Waals surface area contributed by atoms with Crippen molar-refractivity contribution in [1.82, 2.24) is 5.32 Å². The van der Waals surface area contributed by atoms with E-state index in [0.717, 1.165) is 5.92 Å². The van der Waals surface area contributed by atoms with Gasteiger partial charge in [0.2, 0.25) is 0 Å². The van der Waals surface area contributed by atoms with E-state index in [4.69, 9.17) is 0 Å². The number of hydrogen-bond donors (Lipinski definition) is 1. The second-order valence-electron chi connectivity index (χ2n) is 5.82. The molecule has 1 heteroatoms. The second-order valence-corrected chi connectivity index (χ2v) is 5.82. The van der Waals surface area contributed by atoms with Crippen LogP contribution in [0.4, 0.5) is 0 Å². The molecule has 0 bridgehead atoms. The van der Waals surface area contributed by atoms with Crippen LogP contribution in [0.15, 0.2) is 24.3 Å². The van der Waals surface area contributed by atoms with Crippen molar-refractivity contribution in [3.63, 3.8) is 0 Å². The van der Waals surface area contributed by atoms with Crippen LogP contribution in [0, 0.1) is 12.8 Å². The average Bonchev–Trinajstić information content (AvgIpc) is 2.43. The maximum absolute atomic E-state index is 3.55. The van der Waals surface area contributed by atoms with Gasteiger partial charge in [-0.2, -0.15) is 0 Å². The summed E-state index contributed by atoms with van der Waals surface area (Å²) in [6.07, 6.45) is 9.68. The minimum atomic E-state index is 0.714. The van der Waals surface area contributed by atoms with Crippen LogP contribution < -0.4 is 5.32 Å². The number of rotatable bonds is 5. The molecular formula is C17H27N. The lowest BCUT2D eigenvalue weighted by Crippen LogP contribution is -2.35. The number of aryl methyl sites for hydroxylation is 2. The highest BCUT2D eigenvalue weighted by molar-refractivity contribution is 5.21. The zero-order chi connectivity index (χ0) is 12.8. The number of nitrogens with one attached hydrogen (secondary N) is 1. The van der Waals surface area contributed by atoms with E-state index in [1.54, 1.807) is 0 Å². The summed E-state index contributed by atoms with van der Waals surface area (Å²) in [5.41, 5.74) is 2.84. The molecule has 1 saturated carbocycles. The van der Waals surface area contributed by atoms with Crippen molar-refractivity contribution < 1.29 is 0 Å². The SMILES string of the molecule is CNC(CCc1ccc(C)cc1)C1CCCCC1. The smallest absolute Gasteiger partial charge is 0.00954 e. The van der Waals surface area contributed by atoms with Gasteiger partial charge in [0.15, 0.2) is 0 Å². The fourth-order valence-electron chi connectivity index (χ4n) is 3.23. The molecule has 1 fully saturated rings. The van der Waals surface area contributed by atoms with Gasteiger partial charge in [0.25, 0.3) is 0 Å². The topological polar surface area (TPSA) is 12.0 Å². The van der Waals surface area contributed by atoms with Crippen molar-refractivity contribution in [2.45, 2.75) is 57.9 Å². The predicted octanol–water partition coefficient (Wildman–Crippen LogP) is 4.10. The molecule has 0 aromatic heterocycles. The summed E-state index contributed by atoms with van der Waals surface area (Å²) in [4.78, 5) is 0. The Labute approximate surface area is 112 Å². The first kappa shape index (κ1) is 13.6. The zero-order valence-corrected chi connectivity index (χ0v) is 11.9. The quantitative estimate of drug-likeness (QED) is 0.823. The molecule has 1 nitrogen and oxygen atoms in total. The summed E-state index contributed by atoms with van der Waals surface area (Å²) in [6, 6.07) is 9.73. The average molecular weight is 245 g/mol. The molecule has 1 aromatic rings. The van der Waals surface area contributed by atoms with Gasteiger partial charge in [-0.15, -0.1) is 0 Å². The van der Waals surface area contributed by atoms with Crippen molar-refractivity contribution in [2.24, 2.45) is 5.92 Å². The molecule has 1 aliphatic rings. The van der Waals surface area contributed by atoms with E-state index >= 15 is 0 Å². The van der Waals surface area contributed by atoms with Crippen molar-refractivity contribution in [3.05, 3.63) is 35.4 Å². The van der Waals surface area contributed by atoms with E-state index in [1.807, 2.05) is 0 Å². The molecule has 2 rings (SSSR count).